The Hall–Kier alpha value is -0.0638. The van der Waals surface area contributed by atoms with Crippen LogP contribution in [0.3, 0.4) is 0 Å². The standard InChI is InChI=1S/C6H7O4P.Mg.2H/c7-11(8,9)10-6-4-2-1-3-5-6;;;/h1-5H,(H2,7,8,9);;;. The maximum absolute atomic E-state index is 10.3. The van der Waals surface area contributed by atoms with E-state index >= 15 is 0 Å². The number of phosphoric acid groups is 1. The summed E-state index contributed by atoms with van der Waals surface area (Å²) in [7, 11) is -4.39. The van der Waals surface area contributed by atoms with Crippen LogP contribution in [0, 0.1) is 0 Å². The van der Waals surface area contributed by atoms with Crippen molar-refractivity contribution in [1.82, 2.24) is 0 Å². The minimum atomic E-state index is -4.39. The van der Waals surface area contributed by atoms with E-state index in [0.29, 0.717) is 0 Å². The fourth-order valence-electron chi connectivity index (χ4n) is 0.619. The zero-order valence-electron chi connectivity index (χ0n) is 5.54. The molecule has 0 atom stereocenters. The van der Waals surface area contributed by atoms with Crippen LogP contribution in [-0.2, 0) is 4.57 Å². The van der Waals surface area contributed by atoms with Crippen LogP contribution in [0.25, 0.3) is 0 Å². The molecule has 0 unspecified atom stereocenters. The van der Waals surface area contributed by atoms with Gasteiger partial charge in [-0.3, -0.25) is 9.79 Å². The van der Waals surface area contributed by atoms with Gasteiger partial charge in [-0.15, -0.1) is 0 Å². The Morgan fingerprint density at radius 1 is 1.17 bits per heavy atom. The largest absolute Gasteiger partial charge is 0.524 e. The van der Waals surface area contributed by atoms with Crippen molar-refractivity contribution >= 4 is 30.9 Å². The molecule has 0 spiro atoms. The highest BCUT2D eigenvalue weighted by Gasteiger charge is 2.14. The topological polar surface area (TPSA) is 66.8 Å². The van der Waals surface area contributed by atoms with Crippen LogP contribution in [0.1, 0.15) is 0 Å². The highest BCUT2D eigenvalue weighted by Crippen LogP contribution is 2.36. The number of benzene rings is 1. The van der Waals surface area contributed by atoms with Crippen molar-refractivity contribution in [3.05, 3.63) is 30.3 Å². The van der Waals surface area contributed by atoms with Crippen LogP contribution < -0.4 is 4.52 Å². The summed E-state index contributed by atoms with van der Waals surface area (Å²) in [5, 5.41) is 0. The predicted molar refractivity (Wildman–Crippen MR) is 47.7 cm³/mol. The van der Waals surface area contributed by atoms with Crippen LogP contribution in [0.2, 0.25) is 0 Å². The van der Waals surface area contributed by atoms with Gasteiger partial charge in [-0.05, 0) is 12.1 Å². The number of phosphoric ester groups is 1. The quantitative estimate of drug-likeness (QED) is 0.530. The molecule has 0 aliphatic carbocycles. The van der Waals surface area contributed by atoms with Gasteiger partial charge < -0.3 is 4.52 Å². The average molecular weight is 200 g/mol. The first-order valence-corrected chi connectivity index (χ1v) is 4.41. The lowest BCUT2D eigenvalue weighted by atomic mass is 10.3. The number of hydrogen-bond donors (Lipinski definition) is 2. The van der Waals surface area contributed by atoms with E-state index in [1.165, 1.54) is 12.1 Å². The van der Waals surface area contributed by atoms with Crippen molar-refractivity contribution in [2.75, 3.05) is 0 Å². The van der Waals surface area contributed by atoms with Crippen molar-refractivity contribution in [1.29, 1.82) is 0 Å². The smallest absolute Gasteiger partial charge is 0.404 e. The third kappa shape index (κ3) is 4.74. The van der Waals surface area contributed by atoms with Crippen LogP contribution in [0.5, 0.6) is 5.75 Å². The zero-order valence-corrected chi connectivity index (χ0v) is 6.44. The molecule has 6 heteroatoms. The molecule has 2 N–H and O–H groups in total. The molecule has 0 fully saturated rings. The second-order valence-electron chi connectivity index (χ2n) is 1.89. The molecule has 4 nitrogen and oxygen atoms in total. The van der Waals surface area contributed by atoms with Crippen LogP contribution >= 0.6 is 7.82 Å². The van der Waals surface area contributed by atoms with E-state index in [4.69, 9.17) is 9.79 Å². The normalized spacial score (nSPS) is 10.2. The molecule has 1 aromatic carbocycles. The van der Waals surface area contributed by atoms with E-state index in [1.807, 2.05) is 0 Å². The van der Waals surface area contributed by atoms with Gasteiger partial charge in [0.15, 0.2) is 0 Å². The van der Waals surface area contributed by atoms with Crippen molar-refractivity contribution in [3.8, 4) is 5.75 Å². The van der Waals surface area contributed by atoms with Crippen molar-refractivity contribution in [3.63, 3.8) is 0 Å². The summed E-state index contributed by atoms with van der Waals surface area (Å²) < 4.78 is 14.5. The molecule has 64 valence electrons. The minimum Gasteiger partial charge on any atom is -0.404 e. The van der Waals surface area contributed by atoms with Gasteiger partial charge in [-0.2, -0.15) is 0 Å². The number of para-hydroxylation sites is 1. The first-order valence-electron chi connectivity index (χ1n) is 2.88. The van der Waals surface area contributed by atoms with Gasteiger partial charge in [0.2, 0.25) is 0 Å². The van der Waals surface area contributed by atoms with Gasteiger partial charge in [0.1, 0.15) is 5.75 Å². The van der Waals surface area contributed by atoms with Gasteiger partial charge >= 0.3 is 30.9 Å². The number of rotatable bonds is 2. The Bertz CT molecular complexity index is 270. The fraction of sp³-hybridized carbons (Fsp3) is 0. The lowest BCUT2D eigenvalue weighted by Gasteiger charge is -2.04. The predicted octanol–water partition coefficient (Wildman–Crippen LogP) is 0.242. The Morgan fingerprint density at radius 2 is 1.67 bits per heavy atom. The van der Waals surface area contributed by atoms with E-state index in [0.717, 1.165) is 0 Å². The third-order valence-electron chi connectivity index (χ3n) is 0.968. The molecular weight excluding hydrogens is 191 g/mol. The summed E-state index contributed by atoms with van der Waals surface area (Å²) in [6.07, 6.45) is 0. The SMILES string of the molecule is O=P(O)(O)Oc1ccccc1.[MgH2]. The van der Waals surface area contributed by atoms with Gasteiger partial charge in [0, 0.05) is 0 Å². The van der Waals surface area contributed by atoms with Crippen LogP contribution in [0.15, 0.2) is 30.3 Å². The van der Waals surface area contributed by atoms with Gasteiger partial charge in [-0.25, -0.2) is 4.57 Å². The second kappa shape index (κ2) is 4.84. The summed E-state index contributed by atoms with van der Waals surface area (Å²) >= 11 is 0. The van der Waals surface area contributed by atoms with E-state index in [9.17, 15) is 4.57 Å². The molecule has 0 saturated carbocycles. The summed E-state index contributed by atoms with van der Waals surface area (Å²) in [4.78, 5) is 16.7. The first-order chi connectivity index (χ1) is 5.08. The van der Waals surface area contributed by atoms with Gasteiger partial charge in [0.25, 0.3) is 0 Å². The zero-order chi connectivity index (χ0) is 8.32. The Balaban J connectivity index is 0.00000121. The Labute approximate surface area is 86.0 Å². The van der Waals surface area contributed by atoms with Crippen molar-refractivity contribution < 1.29 is 18.9 Å². The van der Waals surface area contributed by atoms with E-state index in [1.54, 1.807) is 18.2 Å². The monoisotopic (exact) mass is 200 g/mol. The van der Waals surface area contributed by atoms with Gasteiger partial charge in [-0.1, -0.05) is 18.2 Å². The molecule has 0 bridgehead atoms. The fourth-order valence-corrected chi connectivity index (χ4v) is 1.02. The molecule has 0 heterocycles. The van der Waals surface area contributed by atoms with Crippen LogP contribution in [0.4, 0.5) is 0 Å². The lowest BCUT2D eigenvalue weighted by molar-refractivity contribution is 0.283. The van der Waals surface area contributed by atoms with Crippen molar-refractivity contribution in [2.24, 2.45) is 0 Å². The van der Waals surface area contributed by atoms with Crippen LogP contribution in [-0.4, -0.2) is 32.8 Å². The average Bonchev–Trinajstić information content (AvgIpc) is 1.85. The summed E-state index contributed by atoms with van der Waals surface area (Å²) in [6, 6.07) is 7.93. The molecule has 1 rings (SSSR count). The molecule has 0 aromatic heterocycles. The maximum Gasteiger partial charge on any atom is 0.524 e. The number of hydrogen-bond acceptors (Lipinski definition) is 2. The molecule has 0 aliphatic heterocycles. The van der Waals surface area contributed by atoms with Crippen molar-refractivity contribution in [2.45, 2.75) is 0 Å². The molecule has 1 aromatic rings. The molecule has 0 amide bonds. The highest BCUT2D eigenvalue weighted by atomic mass is 31.2. The Morgan fingerprint density at radius 3 is 2.08 bits per heavy atom. The lowest BCUT2D eigenvalue weighted by Crippen LogP contribution is -1.88. The summed E-state index contributed by atoms with van der Waals surface area (Å²) in [6.45, 7) is 0. The summed E-state index contributed by atoms with van der Waals surface area (Å²) in [5.74, 6) is 0.167. The van der Waals surface area contributed by atoms with E-state index in [-0.39, 0.29) is 28.8 Å². The summed E-state index contributed by atoms with van der Waals surface area (Å²) in [5.41, 5.74) is 0. The van der Waals surface area contributed by atoms with E-state index < -0.39 is 7.82 Å². The molecule has 0 saturated heterocycles. The highest BCUT2D eigenvalue weighted by molar-refractivity contribution is 7.46. The van der Waals surface area contributed by atoms with E-state index in [2.05, 4.69) is 4.52 Å². The third-order valence-corrected chi connectivity index (χ3v) is 1.42. The molecule has 0 radical (unpaired) electrons. The minimum absolute atomic E-state index is 0. The molecular formula is C6H9MgO4P. The second-order valence-corrected chi connectivity index (χ2v) is 3.06. The molecule has 12 heavy (non-hydrogen) atoms. The maximum atomic E-state index is 10.3. The molecule has 0 aliphatic rings. The Kier molecular flexibility index (Phi) is 4.81. The first kappa shape index (κ1) is 11.9. The van der Waals surface area contributed by atoms with Gasteiger partial charge in [0.05, 0.1) is 0 Å².